The van der Waals surface area contributed by atoms with Gasteiger partial charge in [0.1, 0.15) is 35.9 Å². The quantitative estimate of drug-likeness (QED) is 0.101. The third-order valence-electron chi connectivity index (χ3n) is 7.51. The van der Waals surface area contributed by atoms with Crippen LogP contribution in [0, 0.1) is 11.8 Å². The molecule has 0 aliphatic heterocycles. The summed E-state index contributed by atoms with van der Waals surface area (Å²) in [6.07, 6.45) is -0.779. The molecule has 52 heavy (non-hydrogen) atoms. The molecule has 2 unspecified atom stereocenters. The molecule has 3 N–H and O–H groups in total. The third kappa shape index (κ3) is 15.2. The Labute approximate surface area is 307 Å². The fraction of sp³-hybridized carbons (Fsp3) is 0.564. The van der Waals surface area contributed by atoms with Gasteiger partial charge in [-0.2, -0.15) is 0 Å². The monoisotopic (exact) mass is 727 g/mol. The molecule has 0 fully saturated rings. The van der Waals surface area contributed by atoms with E-state index in [1.165, 1.54) is 7.11 Å². The van der Waals surface area contributed by atoms with Gasteiger partial charge in [0.15, 0.2) is 5.78 Å². The number of hydrogen-bond acceptors (Lipinski definition) is 10. The molecule has 0 aliphatic carbocycles. The molecule has 0 aromatic heterocycles. The van der Waals surface area contributed by atoms with Crippen molar-refractivity contribution in [2.24, 2.45) is 11.8 Å². The van der Waals surface area contributed by atoms with Crippen LogP contribution in [0.15, 0.2) is 36.4 Å². The first-order valence-corrected chi connectivity index (χ1v) is 17.6. The van der Waals surface area contributed by atoms with E-state index in [1.807, 2.05) is 18.2 Å². The minimum atomic E-state index is -0.659. The Bertz CT molecular complexity index is 1540. The fourth-order valence-electron chi connectivity index (χ4n) is 4.77. The molecule has 0 aliphatic rings. The number of benzene rings is 2. The Hall–Kier alpha value is -4.81. The number of hydrogen-bond donors (Lipinski definition) is 3. The van der Waals surface area contributed by atoms with Crippen molar-refractivity contribution in [1.29, 1.82) is 0 Å². The van der Waals surface area contributed by atoms with E-state index in [4.69, 9.17) is 23.7 Å². The highest BCUT2D eigenvalue weighted by molar-refractivity contribution is 5.90. The average molecular weight is 728 g/mol. The van der Waals surface area contributed by atoms with Crippen molar-refractivity contribution in [1.82, 2.24) is 16.0 Å². The van der Waals surface area contributed by atoms with E-state index in [2.05, 4.69) is 16.0 Å². The Morgan fingerprint density at radius 2 is 1.19 bits per heavy atom. The van der Waals surface area contributed by atoms with Crippen molar-refractivity contribution in [3.8, 4) is 22.6 Å². The number of methoxy groups -OCH3 is 1. The van der Waals surface area contributed by atoms with E-state index in [0.717, 1.165) is 5.56 Å². The van der Waals surface area contributed by atoms with E-state index in [0.29, 0.717) is 34.6 Å². The summed E-state index contributed by atoms with van der Waals surface area (Å²) in [6.45, 7) is 18.1. The normalized spacial score (nSPS) is 12.6. The maximum Gasteiger partial charge on any atom is 0.407 e. The summed E-state index contributed by atoms with van der Waals surface area (Å²) >= 11 is 0. The van der Waals surface area contributed by atoms with Crippen LogP contribution in [0.25, 0.3) is 11.1 Å². The lowest BCUT2D eigenvalue weighted by Crippen LogP contribution is -2.34. The molecule has 2 rings (SSSR count). The minimum Gasteiger partial charge on any atom is -0.491 e. The van der Waals surface area contributed by atoms with Crippen LogP contribution in [0.2, 0.25) is 0 Å². The van der Waals surface area contributed by atoms with Crippen molar-refractivity contribution in [2.45, 2.75) is 92.8 Å². The van der Waals surface area contributed by atoms with E-state index >= 15 is 0 Å². The van der Waals surface area contributed by atoms with Crippen molar-refractivity contribution < 1.29 is 47.7 Å². The SMILES string of the molecule is COC(=O)C(C)Cc1ccc(OCCNC(=O)OC(C)(C)C)c(-c2cc(C(C)C(=O)NCC(=O)C(C)C)ccc2OCCNC(=O)OC(C)(C)C)c1. The van der Waals surface area contributed by atoms with Gasteiger partial charge in [-0.05, 0) is 90.3 Å². The van der Waals surface area contributed by atoms with Crippen LogP contribution in [0.4, 0.5) is 9.59 Å². The first kappa shape index (κ1) is 43.4. The van der Waals surface area contributed by atoms with Gasteiger partial charge in [0.2, 0.25) is 5.91 Å². The summed E-state index contributed by atoms with van der Waals surface area (Å²) in [7, 11) is 1.34. The molecule has 288 valence electrons. The minimum absolute atomic E-state index is 0.0741. The molecule has 3 amide bonds. The van der Waals surface area contributed by atoms with Gasteiger partial charge in [-0.15, -0.1) is 0 Å². The van der Waals surface area contributed by atoms with Crippen LogP contribution in [-0.4, -0.2) is 81.0 Å². The zero-order valence-electron chi connectivity index (χ0n) is 32.5. The van der Waals surface area contributed by atoms with Crippen molar-refractivity contribution in [3.05, 3.63) is 47.5 Å². The molecule has 0 heterocycles. The molecule has 2 atom stereocenters. The Morgan fingerprint density at radius 3 is 1.67 bits per heavy atom. The molecule has 2 aromatic carbocycles. The zero-order chi connectivity index (χ0) is 39.2. The molecule has 0 bridgehead atoms. The fourth-order valence-corrected chi connectivity index (χ4v) is 4.77. The predicted molar refractivity (Wildman–Crippen MR) is 197 cm³/mol. The number of nitrogens with one attached hydrogen (secondary N) is 3. The van der Waals surface area contributed by atoms with Crippen molar-refractivity contribution in [2.75, 3.05) is 40.0 Å². The second-order valence-corrected chi connectivity index (χ2v) is 14.8. The number of carbonyl (C=O) groups is 5. The average Bonchev–Trinajstić information content (AvgIpc) is 3.05. The van der Waals surface area contributed by atoms with Crippen molar-refractivity contribution >= 4 is 29.8 Å². The summed E-state index contributed by atoms with van der Waals surface area (Å²) in [5, 5.41) is 8.10. The second kappa shape index (κ2) is 19.7. The van der Waals surface area contributed by atoms with E-state index in [9.17, 15) is 24.0 Å². The Kier molecular flexibility index (Phi) is 16.4. The smallest absolute Gasteiger partial charge is 0.407 e. The number of ketones is 1. The summed E-state index contributed by atoms with van der Waals surface area (Å²) in [6, 6.07) is 10.8. The van der Waals surface area contributed by atoms with Gasteiger partial charge in [0.05, 0.1) is 38.6 Å². The highest BCUT2D eigenvalue weighted by Crippen LogP contribution is 2.39. The lowest BCUT2D eigenvalue weighted by Gasteiger charge is -2.21. The molecule has 0 saturated heterocycles. The maximum atomic E-state index is 13.2. The van der Waals surface area contributed by atoms with Crippen LogP contribution in [0.5, 0.6) is 11.5 Å². The molecule has 13 heteroatoms. The highest BCUT2D eigenvalue weighted by atomic mass is 16.6. The van der Waals surface area contributed by atoms with E-state index in [1.54, 1.807) is 87.4 Å². The number of esters is 1. The van der Waals surface area contributed by atoms with Gasteiger partial charge in [-0.3, -0.25) is 14.4 Å². The predicted octanol–water partition coefficient (Wildman–Crippen LogP) is 5.96. The van der Waals surface area contributed by atoms with Gasteiger partial charge < -0.3 is 39.6 Å². The highest BCUT2D eigenvalue weighted by Gasteiger charge is 2.23. The zero-order valence-corrected chi connectivity index (χ0v) is 32.5. The molecule has 2 aromatic rings. The van der Waals surface area contributed by atoms with Gasteiger partial charge in [0.25, 0.3) is 0 Å². The second-order valence-electron chi connectivity index (χ2n) is 14.8. The molecule has 13 nitrogen and oxygen atoms in total. The maximum absolute atomic E-state index is 13.2. The van der Waals surface area contributed by atoms with Crippen molar-refractivity contribution in [3.63, 3.8) is 0 Å². The number of alkyl carbamates (subject to hydrolysis) is 2. The van der Waals surface area contributed by atoms with Crippen LogP contribution < -0.4 is 25.4 Å². The summed E-state index contributed by atoms with van der Waals surface area (Å²) in [4.78, 5) is 62.1. The van der Waals surface area contributed by atoms with Crippen LogP contribution >= 0.6 is 0 Å². The van der Waals surface area contributed by atoms with Gasteiger partial charge in [0, 0.05) is 17.0 Å². The van der Waals surface area contributed by atoms with E-state index < -0.39 is 35.2 Å². The summed E-state index contributed by atoms with van der Waals surface area (Å²) < 4.78 is 28.0. The number of ether oxygens (including phenoxy) is 5. The van der Waals surface area contributed by atoms with Crippen LogP contribution in [0.3, 0.4) is 0 Å². The first-order valence-electron chi connectivity index (χ1n) is 17.6. The van der Waals surface area contributed by atoms with Gasteiger partial charge in [-0.25, -0.2) is 9.59 Å². The summed E-state index contributed by atoms with van der Waals surface area (Å²) in [5.41, 5.74) is 1.33. The number of amides is 3. The molecule has 0 radical (unpaired) electrons. The van der Waals surface area contributed by atoms with Crippen LogP contribution in [-0.2, 0) is 35.0 Å². The first-order chi connectivity index (χ1) is 24.2. The lowest BCUT2D eigenvalue weighted by molar-refractivity contribution is -0.144. The topological polar surface area (TPSA) is 168 Å². The molecular formula is C39H57N3O10. The molecule has 0 saturated carbocycles. The van der Waals surface area contributed by atoms with E-state index in [-0.39, 0.29) is 56.4 Å². The third-order valence-corrected chi connectivity index (χ3v) is 7.51. The summed E-state index contributed by atoms with van der Waals surface area (Å²) in [5.74, 6) is -1.13. The van der Waals surface area contributed by atoms with Crippen LogP contribution in [0.1, 0.15) is 86.3 Å². The van der Waals surface area contributed by atoms with Gasteiger partial charge in [-0.1, -0.05) is 32.9 Å². The lowest BCUT2D eigenvalue weighted by atomic mass is 9.92. The standard InChI is InChI=1S/C39H57N3O10/c1-24(2)31(43)23-42-34(44)26(4)28-13-15-33(50-19-17-41-37(47)52-39(8,9)10)30(22-28)29-21-27(20-25(3)35(45)48-11)12-14-32(29)49-18-16-40-36(46)51-38(5,6)7/h12-15,21-22,24-26H,16-20,23H2,1-11H3,(H,40,46)(H,41,47)(H,42,44). The number of carbonyl (C=O) groups excluding carboxylic acids is 5. The Balaban J connectivity index is 2.52. The van der Waals surface area contributed by atoms with Gasteiger partial charge >= 0.3 is 18.2 Å². The molecular weight excluding hydrogens is 670 g/mol. The number of rotatable bonds is 17. The number of Topliss-reactive ketones (excluding diaryl/α,β-unsaturated/α-hetero) is 1. The largest absolute Gasteiger partial charge is 0.491 e. The molecule has 0 spiro atoms. The Morgan fingerprint density at radius 1 is 0.692 bits per heavy atom.